The fourth-order valence-corrected chi connectivity index (χ4v) is 2.54. The molecule has 0 radical (unpaired) electrons. The normalized spacial score (nSPS) is 22.8. The molecule has 1 aromatic carbocycles. The van der Waals surface area contributed by atoms with Crippen molar-refractivity contribution in [2.75, 3.05) is 6.61 Å². The molecule has 4 bridgehead atoms. The molecular weight excluding hydrogens is 294 g/mol. The second-order valence-corrected chi connectivity index (χ2v) is 5.62. The van der Waals surface area contributed by atoms with Gasteiger partial charge in [0.25, 0.3) is 0 Å². The lowest BCUT2D eigenvalue weighted by Gasteiger charge is -2.16. The van der Waals surface area contributed by atoms with Gasteiger partial charge in [-0.05, 0) is 48.3 Å². The zero-order chi connectivity index (χ0) is 16.2. The average molecular weight is 313 g/mol. The summed E-state index contributed by atoms with van der Waals surface area (Å²) >= 11 is 0. The number of rotatable bonds is 0. The summed E-state index contributed by atoms with van der Waals surface area (Å²) in [5.74, 6) is 0.779. The molecule has 120 valence electrons. The van der Waals surface area contributed by atoms with Gasteiger partial charge in [0.15, 0.2) is 11.5 Å². The van der Waals surface area contributed by atoms with Crippen LogP contribution in [-0.2, 0) is 16.0 Å². The van der Waals surface area contributed by atoms with Crippen LogP contribution in [0.1, 0.15) is 18.4 Å². The van der Waals surface area contributed by atoms with E-state index in [-0.39, 0.29) is 12.4 Å². The summed E-state index contributed by atoms with van der Waals surface area (Å²) in [4.78, 5) is 11.9. The molecule has 5 nitrogen and oxygen atoms in total. The van der Waals surface area contributed by atoms with Crippen LogP contribution in [-0.4, -0.2) is 23.7 Å². The SMILES string of the molecule is NC1Cc2ccc(O)c(c2)OC2=CC=C(/C=C\COC1=O)CC2. The highest BCUT2D eigenvalue weighted by Crippen LogP contribution is 2.31. The van der Waals surface area contributed by atoms with E-state index in [9.17, 15) is 9.90 Å². The number of benzene rings is 1. The summed E-state index contributed by atoms with van der Waals surface area (Å²) in [7, 11) is 0. The number of allylic oxidation sites excluding steroid dienone is 5. The number of hydrogen-bond acceptors (Lipinski definition) is 5. The number of nitrogens with two attached hydrogens (primary N) is 1. The Morgan fingerprint density at radius 2 is 2.09 bits per heavy atom. The Balaban J connectivity index is 1.93. The van der Waals surface area contributed by atoms with Crippen LogP contribution in [0.25, 0.3) is 0 Å². The quantitative estimate of drug-likeness (QED) is 0.719. The molecule has 1 atom stereocenters. The first-order valence-electron chi connectivity index (χ1n) is 7.60. The number of fused-ring (bicyclic) bond motifs is 7. The Morgan fingerprint density at radius 1 is 1.22 bits per heavy atom. The number of phenolic OH excluding ortho intramolecular Hbond substituents is 1. The highest BCUT2D eigenvalue weighted by Gasteiger charge is 2.17. The van der Waals surface area contributed by atoms with E-state index in [0.29, 0.717) is 12.2 Å². The molecule has 0 amide bonds. The van der Waals surface area contributed by atoms with E-state index < -0.39 is 12.0 Å². The third kappa shape index (κ3) is 3.81. The molecule has 0 fully saturated rings. The third-order valence-electron chi connectivity index (χ3n) is 3.82. The Morgan fingerprint density at radius 3 is 2.87 bits per heavy atom. The summed E-state index contributed by atoms with van der Waals surface area (Å²) in [6.45, 7) is 0.206. The predicted molar refractivity (Wildman–Crippen MR) is 85.9 cm³/mol. The van der Waals surface area contributed by atoms with E-state index in [1.165, 1.54) is 0 Å². The monoisotopic (exact) mass is 313 g/mol. The van der Waals surface area contributed by atoms with E-state index in [1.807, 2.05) is 24.3 Å². The number of carbonyl (C=O) groups excluding carboxylic acids is 1. The molecule has 3 N–H and O–H groups in total. The van der Waals surface area contributed by atoms with Gasteiger partial charge in [-0.25, -0.2) is 0 Å². The summed E-state index contributed by atoms with van der Waals surface area (Å²) in [5, 5.41) is 9.96. The summed E-state index contributed by atoms with van der Waals surface area (Å²) < 4.78 is 11.0. The Kier molecular flexibility index (Phi) is 4.48. The Labute approximate surface area is 134 Å². The van der Waals surface area contributed by atoms with Crippen LogP contribution in [0.15, 0.2) is 53.8 Å². The number of hydrogen-bond donors (Lipinski definition) is 2. The number of esters is 1. The molecule has 2 heterocycles. The lowest BCUT2D eigenvalue weighted by molar-refractivity contribution is -0.143. The number of ether oxygens (including phenoxy) is 2. The van der Waals surface area contributed by atoms with Gasteiger partial charge in [-0.2, -0.15) is 0 Å². The van der Waals surface area contributed by atoms with Gasteiger partial charge in [0.1, 0.15) is 18.4 Å². The molecule has 1 aliphatic carbocycles. The largest absolute Gasteiger partial charge is 0.504 e. The third-order valence-corrected chi connectivity index (χ3v) is 3.82. The van der Waals surface area contributed by atoms with Gasteiger partial charge < -0.3 is 20.3 Å². The van der Waals surface area contributed by atoms with Gasteiger partial charge in [-0.15, -0.1) is 0 Å². The van der Waals surface area contributed by atoms with Gasteiger partial charge in [-0.1, -0.05) is 18.2 Å². The minimum Gasteiger partial charge on any atom is -0.504 e. The highest BCUT2D eigenvalue weighted by molar-refractivity contribution is 5.76. The standard InChI is InChI=1S/C18H19NO4/c19-15-10-13-5-8-16(20)17(11-13)23-14-6-3-12(4-7-14)2-1-9-22-18(15)21/h1-3,5-6,8,11,15,20H,4,7,9-10,19H2/b2-1-. The summed E-state index contributed by atoms with van der Waals surface area (Å²) in [5.41, 5.74) is 7.82. The van der Waals surface area contributed by atoms with Gasteiger partial charge in [-0.3, -0.25) is 4.79 Å². The topological polar surface area (TPSA) is 81.8 Å². The summed E-state index contributed by atoms with van der Waals surface area (Å²) in [6.07, 6.45) is 9.50. The van der Waals surface area contributed by atoms with Gasteiger partial charge in [0.2, 0.25) is 0 Å². The minimum absolute atomic E-state index is 0.0600. The van der Waals surface area contributed by atoms with Crippen molar-refractivity contribution in [1.82, 2.24) is 0 Å². The zero-order valence-electron chi connectivity index (χ0n) is 12.7. The second-order valence-electron chi connectivity index (χ2n) is 5.62. The molecule has 3 aliphatic rings. The van der Waals surface area contributed by atoms with Crippen LogP contribution in [0.3, 0.4) is 0 Å². The zero-order valence-corrected chi connectivity index (χ0v) is 12.7. The molecule has 2 aliphatic heterocycles. The second kappa shape index (κ2) is 6.71. The van der Waals surface area contributed by atoms with Gasteiger partial charge >= 0.3 is 5.97 Å². The van der Waals surface area contributed by atoms with E-state index in [2.05, 4.69) is 0 Å². The molecule has 1 unspecified atom stereocenters. The molecule has 23 heavy (non-hydrogen) atoms. The minimum atomic E-state index is -0.749. The molecule has 1 aromatic rings. The van der Waals surface area contributed by atoms with Crippen LogP contribution in [0, 0.1) is 0 Å². The van der Waals surface area contributed by atoms with E-state index in [1.54, 1.807) is 18.2 Å². The molecular formula is C18H19NO4. The fraction of sp³-hybridized carbons (Fsp3) is 0.278. The Hall–Kier alpha value is -2.53. The maximum atomic E-state index is 11.9. The average Bonchev–Trinajstić information content (AvgIpc) is 2.55. The van der Waals surface area contributed by atoms with Crippen LogP contribution < -0.4 is 10.5 Å². The van der Waals surface area contributed by atoms with Crippen LogP contribution in [0.5, 0.6) is 11.5 Å². The molecule has 0 aromatic heterocycles. The molecule has 0 saturated carbocycles. The van der Waals surface area contributed by atoms with Crippen molar-refractivity contribution >= 4 is 5.97 Å². The number of phenols is 1. The molecule has 0 saturated heterocycles. The molecule has 4 rings (SSSR count). The summed E-state index contributed by atoms with van der Waals surface area (Å²) in [6, 6.07) is 4.23. The van der Waals surface area contributed by atoms with Crippen molar-refractivity contribution in [3.8, 4) is 11.5 Å². The molecule has 5 heteroatoms. The fourth-order valence-electron chi connectivity index (χ4n) is 2.54. The van der Waals surface area contributed by atoms with Crippen LogP contribution in [0.4, 0.5) is 0 Å². The highest BCUT2D eigenvalue weighted by atomic mass is 16.5. The smallest absolute Gasteiger partial charge is 0.323 e. The van der Waals surface area contributed by atoms with Gasteiger partial charge in [0.05, 0.1) is 0 Å². The number of aromatic hydroxyl groups is 1. The Bertz CT molecular complexity index is 703. The first-order valence-corrected chi connectivity index (χ1v) is 7.60. The maximum Gasteiger partial charge on any atom is 0.323 e. The first-order chi connectivity index (χ1) is 11.1. The van der Waals surface area contributed by atoms with Crippen molar-refractivity contribution < 1.29 is 19.4 Å². The van der Waals surface area contributed by atoms with Gasteiger partial charge in [0, 0.05) is 6.42 Å². The van der Waals surface area contributed by atoms with E-state index in [4.69, 9.17) is 15.2 Å². The van der Waals surface area contributed by atoms with Crippen molar-refractivity contribution in [2.24, 2.45) is 5.73 Å². The van der Waals surface area contributed by atoms with Crippen molar-refractivity contribution in [3.63, 3.8) is 0 Å². The van der Waals surface area contributed by atoms with Crippen molar-refractivity contribution in [2.45, 2.75) is 25.3 Å². The lowest BCUT2D eigenvalue weighted by atomic mass is 10.0. The van der Waals surface area contributed by atoms with Crippen molar-refractivity contribution in [3.05, 3.63) is 59.4 Å². The van der Waals surface area contributed by atoms with Crippen molar-refractivity contribution in [1.29, 1.82) is 0 Å². The van der Waals surface area contributed by atoms with Crippen LogP contribution >= 0.6 is 0 Å². The van der Waals surface area contributed by atoms with E-state index >= 15 is 0 Å². The number of carbonyl (C=O) groups is 1. The van der Waals surface area contributed by atoms with Crippen LogP contribution in [0.2, 0.25) is 0 Å². The lowest BCUT2D eigenvalue weighted by Crippen LogP contribution is -2.34. The first kappa shape index (κ1) is 15.4. The maximum absolute atomic E-state index is 11.9. The molecule has 0 spiro atoms. The van der Waals surface area contributed by atoms with E-state index in [0.717, 1.165) is 29.7 Å². The predicted octanol–water partition coefficient (Wildman–Crippen LogP) is 2.36.